The summed E-state index contributed by atoms with van der Waals surface area (Å²) in [6, 6.07) is 5.11. The van der Waals surface area contributed by atoms with E-state index < -0.39 is 0 Å². The standard InChI is InChI=1S/C20H25N3O3.ClH/c1-22(15-9-10-21-12-15)18(24)13-7-8-16-17(11-13)20(26)23(19(16)25)14-5-3-2-4-6-14;/h7-8,11,14-15,21H,2-6,9-10,12H2,1H3;1H. The van der Waals surface area contributed by atoms with Gasteiger partial charge < -0.3 is 10.2 Å². The summed E-state index contributed by atoms with van der Waals surface area (Å²) < 4.78 is 0. The lowest BCUT2D eigenvalue weighted by molar-refractivity contribution is 0.0548. The summed E-state index contributed by atoms with van der Waals surface area (Å²) in [6.45, 7) is 1.70. The largest absolute Gasteiger partial charge is 0.337 e. The summed E-state index contributed by atoms with van der Waals surface area (Å²) in [7, 11) is 1.80. The number of benzene rings is 1. The molecule has 3 amide bonds. The number of carbonyl (C=O) groups is 3. The number of likely N-dealkylation sites (N-methyl/N-ethyl adjacent to an activating group) is 1. The van der Waals surface area contributed by atoms with Gasteiger partial charge in [-0.25, -0.2) is 0 Å². The highest BCUT2D eigenvalue weighted by Crippen LogP contribution is 2.31. The molecule has 0 bridgehead atoms. The van der Waals surface area contributed by atoms with Crippen LogP contribution in [-0.2, 0) is 0 Å². The topological polar surface area (TPSA) is 69.7 Å². The fourth-order valence-electron chi connectivity index (χ4n) is 4.40. The van der Waals surface area contributed by atoms with Crippen LogP contribution in [0.15, 0.2) is 18.2 Å². The van der Waals surface area contributed by atoms with Crippen LogP contribution in [-0.4, -0.2) is 59.7 Å². The van der Waals surface area contributed by atoms with Crippen LogP contribution in [0.5, 0.6) is 0 Å². The quantitative estimate of drug-likeness (QED) is 0.803. The van der Waals surface area contributed by atoms with Crippen LogP contribution in [0.4, 0.5) is 0 Å². The molecular formula is C20H26ClN3O3. The Bertz CT molecular complexity index is 755. The van der Waals surface area contributed by atoms with Crippen molar-refractivity contribution in [1.29, 1.82) is 0 Å². The molecule has 1 saturated heterocycles. The Morgan fingerprint density at radius 3 is 2.44 bits per heavy atom. The molecule has 1 unspecified atom stereocenters. The minimum absolute atomic E-state index is 0. The third-order valence-corrected chi connectivity index (χ3v) is 6.01. The Morgan fingerprint density at radius 2 is 1.78 bits per heavy atom. The number of hydrogen-bond acceptors (Lipinski definition) is 4. The van der Waals surface area contributed by atoms with E-state index in [2.05, 4.69) is 5.32 Å². The summed E-state index contributed by atoms with van der Waals surface area (Å²) >= 11 is 0. The first kappa shape index (κ1) is 19.8. The third kappa shape index (κ3) is 3.48. The van der Waals surface area contributed by atoms with E-state index in [-0.39, 0.29) is 42.2 Å². The predicted molar refractivity (Wildman–Crippen MR) is 104 cm³/mol. The van der Waals surface area contributed by atoms with Gasteiger partial charge in [0.2, 0.25) is 0 Å². The van der Waals surface area contributed by atoms with Crippen LogP contribution in [0, 0.1) is 0 Å². The van der Waals surface area contributed by atoms with Gasteiger partial charge in [-0.15, -0.1) is 12.4 Å². The van der Waals surface area contributed by atoms with E-state index in [4.69, 9.17) is 0 Å². The highest BCUT2D eigenvalue weighted by atomic mass is 35.5. The number of nitrogens with one attached hydrogen (secondary N) is 1. The molecule has 0 radical (unpaired) electrons. The van der Waals surface area contributed by atoms with E-state index in [1.165, 1.54) is 11.3 Å². The normalized spacial score (nSPS) is 22.6. The van der Waals surface area contributed by atoms with Crippen LogP contribution < -0.4 is 5.32 Å². The lowest BCUT2D eigenvalue weighted by Crippen LogP contribution is -2.40. The van der Waals surface area contributed by atoms with Crippen molar-refractivity contribution in [2.75, 3.05) is 20.1 Å². The van der Waals surface area contributed by atoms with Crippen molar-refractivity contribution >= 4 is 30.1 Å². The number of nitrogens with zero attached hydrogens (tertiary/aromatic N) is 2. The lowest BCUT2D eigenvalue weighted by atomic mass is 9.94. The van der Waals surface area contributed by atoms with Crippen molar-refractivity contribution in [2.45, 2.75) is 50.6 Å². The highest BCUT2D eigenvalue weighted by Gasteiger charge is 2.40. The second-order valence-corrected chi connectivity index (χ2v) is 7.60. The summed E-state index contributed by atoms with van der Waals surface area (Å²) in [6.07, 6.45) is 5.98. The molecule has 1 aromatic carbocycles. The lowest BCUT2D eigenvalue weighted by Gasteiger charge is -2.29. The van der Waals surface area contributed by atoms with Gasteiger partial charge in [-0.1, -0.05) is 19.3 Å². The molecule has 27 heavy (non-hydrogen) atoms. The molecular weight excluding hydrogens is 366 g/mol. The van der Waals surface area contributed by atoms with Gasteiger partial charge >= 0.3 is 0 Å². The van der Waals surface area contributed by atoms with Gasteiger partial charge in [0.1, 0.15) is 0 Å². The Kier molecular flexibility index (Phi) is 5.86. The maximum atomic E-state index is 12.9. The van der Waals surface area contributed by atoms with E-state index in [1.54, 1.807) is 30.1 Å². The fourth-order valence-corrected chi connectivity index (χ4v) is 4.40. The summed E-state index contributed by atoms with van der Waals surface area (Å²) in [5, 5.41) is 3.26. The number of amides is 3. The molecule has 146 valence electrons. The molecule has 1 saturated carbocycles. The maximum absolute atomic E-state index is 12.9. The smallest absolute Gasteiger partial charge is 0.261 e. The fraction of sp³-hybridized carbons (Fsp3) is 0.550. The zero-order valence-corrected chi connectivity index (χ0v) is 16.4. The first-order chi connectivity index (χ1) is 12.6. The maximum Gasteiger partial charge on any atom is 0.261 e. The molecule has 1 N–H and O–H groups in total. The first-order valence-electron chi connectivity index (χ1n) is 9.57. The Hall–Kier alpha value is -1.92. The van der Waals surface area contributed by atoms with Crippen molar-refractivity contribution in [3.63, 3.8) is 0 Å². The molecule has 1 aromatic rings. The molecule has 1 aliphatic carbocycles. The number of rotatable bonds is 3. The second kappa shape index (κ2) is 7.98. The second-order valence-electron chi connectivity index (χ2n) is 7.60. The Labute approximate surface area is 165 Å². The number of imide groups is 1. The summed E-state index contributed by atoms with van der Waals surface area (Å²) in [5.74, 6) is -0.543. The summed E-state index contributed by atoms with van der Waals surface area (Å²) in [4.78, 5) is 41.6. The average Bonchev–Trinajstić information content (AvgIpc) is 3.29. The molecule has 1 atom stereocenters. The SMILES string of the molecule is CN(C(=O)c1ccc2c(c1)C(=O)N(C1CCCCC1)C2=O)C1CCNC1.Cl. The molecule has 2 heterocycles. The third-order valence-electron chi connectivity index (χ3n) is 6.01. The van der Waals surface area contributed by atoms with E-state index in [9.17, 15) is 14.4 Å². The minimum Gasteiger partial charge on any atom is -0.337 e. The highest BCUT2D eigenvalue weighted by molar-refractivity contribution is 6.22. The van der Waals surface area contributed by atoms with Gasteiger partial charge in [0.15, 0.2) is 0 Å². The van der Waals surface area contributed by atoms with Gasteiger partial charge in [0, 0.05) is 31.2 Å². The van der Waals surface area contributed by atoms with Gasteiger partial charge in [-0.05, 0) is 44.0 Å². The monoisotopic (exact) mass is 391 g/mol. The van der Waals surface area contributed by atoms with Crippen molar-refractivity contribution < 1.29 is 14.4 Å². The molecule has 0 aromatic heterocycles. The molecule has 2 fully saturated rings. The van der Waals surface area contributed by atoms with Gasteiger partial charge in [0.05, 0.1) is 11.1 Å². The molecule has 0 spiro atoms. The van der Waals surface area contributed by atoms with E-state index in [0.29, 0.717) is 16.7 Å². The van der Waals surface area contributed by atoms with E-state index in [0.717, 1.165) is 45.2 Å². The van der Waals surface area contributed by atoms with Crippen LogP contribution >= 0.6 is 12.4 Å². The zero-order chi connectivity index (χ0) is 18.3. The van der Waals surface area contributed by atoms with Gasteiger partial charge in [0.25, 0.3) is 17.7 Å². The van der Waals surface area contributed by atoms with Gasteiger partial charge in [-0.3, -0.25) is 19.3 Å². The van der Waals surface area contributed by atoms with Crippen molar-refractivity contribution in [3.05, 3.63) is 34.9 Å². The van der Waals surface area contributed by atoms with Gasteiger partial charge in [-0.2, -0.15) is 0 Å². The summed E-state index contributed by atoms with van der Waals surface area (Å²) in [5.41, 5.74) is 1.29. The van der Waals surface area contributed by atoms with Crippen LogP contribution in [0.25, 0.3) is 0 Å². The van der Waals surface area contributed by atoms with Crippen LogP contribution in [0.1, 0.15) is 69.6 Å². The number of fused-ring (bicyclic) bond motifs is 1. The number of halogens is 1. The van der Waals surface area contributed by atoms with Crippen molar-refractivity contribution in [3.8, 4) is 0 Å². The Morgan fingerprint density at radius 1 is 1.07 bits per heavy atom. The predicted octanol–water partition coefficient (Wildman–Crippen LogP) is 2.47. The van der Waals surface area contributed by atoms with E-state index in [1.807, 2.05) is 0 Å². The Balaban J connectivity index is 0.00000210. The molecule has 7 heteroatoms. The van der Waals surface area contributed by atoms with Crippen molar-refractivity contribution in [1.82, 2.24) is 15.1 Å². The molecule has 4 rings (SSSR count). The molecule has 3 aliphatic rings. The number of hydrogen-bond donors (Lipinski definition) is 1. The minimum atomic E-state index is -0.239. The average molecular weight is 392 g/mol. The van der Waals surface area contributed by atoms with E-state index >= 15 is 0 Å². The van der Waals surface area contributed by atoms with Crippen molar-refractivity contribution in [2.24, 2.45) is 0 Å². The van der Waals surface area contributed by atoms with Crippen LogP contribution in [0.3, 0.4) is 0 Å². The first-order valence-corrected chi connectivity index (χ1v) is 9.57. The zero-order valence-electron chi connectivity index (χ0n) is 15.6. The number of carbonyl (C=O) groups excluding carboxylic acids is 3. The van der Waals surface area contributed by atoms with Crippen LogP contribution in [0.2, 0.25) is 0 Å². The molecule has 6 nitrogen and oxygen atoms in total. The molecule has 2 aliphatic heterocycles.